The molecule has 1 saturated heterocycles. The highest BCUT2D eigenvalue weighted by Crippen LogP contribution is 2.41. The Morgan fingerprint density at radius 3 is 2.53 bits per heavy atom. The summed E-state index contributed by atoms with van der Waals surface area (Å²) in [7, 11) is 0. The highest BCUT2D eigenvalue weighted by atomic mass is 16.3. The molecule has 1 aliphatic carbocycles. The van der Waals surface area contributed by atoms with Crippen molar-refractivity contribution in [3.63, 3.8) is 0 Å². The molecule has 0 amide bonds. The molecule has 0 aromatic carbocycles. The van der Waals surface area contributed by atoms with Crippen molar-refractivity contribution in [3.05, 3.63) is 0 Å². The third-order valence-corrected chi connectivity index (χ3v) is 5.35. The Labute approximate surface area is 118 Å². The zero-order valence-corrected chi connectivity index (χ0v) is 12.8. The van der Waals surface area contributed by atoms with Crippen LogP contribution in [0.4, 0.5) is 0 Å². The van der Waals surface area contributed by atoms with Crippen LogP contribution in [0.5, 0.6) is 0 Å². The van der Waals surface area contributed by atoms with Crippen LogP contribution in [0.25, 0.3) is 0 Å². The lowest BCUT2D eigenvalue weighted by atomic mass is 9.68. The number of rotatable bonds is 3. The van der Waals surface area contributed by atoms with E-state index in [-0.39, 0.29) is 12.7 Å². The molecule has 0 aromatic heterocycles. The van der Waals surface area contributed by atoms with E-state index in [0.29, 0.717) is 17.4 Å². The predicted molar refractivity (Wildman–Crippen MR) is 78.0 cm³/mol. The van der Waals surface area contributed by atoms with Crippen LogP contribution in [0, 0.1) is 17.3 Å². The zero-order chi connectivity index (χ0) is 14.0. The molecule has 0 aromatic rings. The Morgan fingerprint density at radius 2 is 1.89 bits per heavy atom. The molecule has 1 heterocycles. The largest absolute Gasteiger partial charge is 0.395 e. The van der Waals surface area contributed by atoms with Crippen LogP contribution in [-0.4, -0.2) is 47.0 Å². The summed E-state index contributed by atoms with van der Waals surface area (Å²) < 4.78 is 0. The summed E-state index contributed by atoms with van der Waals surface area (Å²) in [5.74, 6) is 1.11. The fourth-order valence-corrected chi connectivity index (χ4v) is 3.87. The second-order valence-corrected chi connectivity index (χ2v) is 7.68. The lowest BCUT2D eigenvalue weighted by molar-refractivity contribution is -0.00175. The van der Waals surface area contributed by atoms with E-state index < -0.39 is 0 Å². The van der Waals surface area contributed by atoms with Gasteiger partial charge in [0.05, 0.1) is 12.7 Å². The van der Waals surface area contributed by atoms with Gasteiger partial charge in [-0.3, -0.25) is 4.90 Å². The lowest BCUT2D eigenvalue weighted by Crippen LogP contribution is -2.43. The van der Waals surface area contributed by atoms with Gasteiger partial charge in [0.15, 0.2) is 0 Å². The molecule has 2 fully saturated rings. The highest BCUT2D eigenvalue weighted by Gasteiger charge is 2.37. The predicted octanol–water partition coefficient (Wildman–Crippen LogP) is 2.27. The minimum absolute atomic E-state index is 0.140. The van der Waals surface area contributed by atoms with Crippen LogP contribution < -0.4 is 0 Å². The van der Waals surface area contributed by atoms with Crippen LogP contribution in [0.1, 0.15) is 52.9 Å². The molecule has 112 valence electrons. The molecule has 0 radical (unpaired) electrons. The second-order valence-electron chi connectivity index (χ2n) is 7.68. The monoisotopic (exact) mass is 269 g/mol. The zero-order valence-electron chi connectivity index (χ0n) is 12.8. The van der Waals surface area contributed by atoms with Gasteiger partial charge in [0.25, 0.3) is 0 Å². The summed E-state index contributed by atoms with van der Waals surface area (Å²) in [5.41, 5.74) is 0.347. The molecular weight excluding hydrogens is 238 g/mol. The number of hydrogen-bond acceptors (Lipinski definition) is 3. The molecule has 4 atom stereocenters. The van der Waals surface area contributed by atoms with Crippen molar-refractivity contribution in [3.8, 4) is 0 Å². The second kappa shape index (κ2) is 6.11. The summed E-state index contributed by atoms with van der Waals surface area (Å²) in [6.07, 6.45) is 5.41. The maximum atomic E-state index is 10.3. The van der Waals surface area contributed by atoms with Crippen molar-refractivity contribution in [2.45, 2.75) is 65.0 Å². The smallest absolute Gasteiger partial charge is 0.0586 e. The fourth-order valence-electron chi connectivity index (χ4n) is 3.87. The Balaban J connectivity index is 1.94. The Hall–Kier alpha value is -0.120. The first-order chi connectivity index (χ1) is 8.91. The van der Waals surface area contributed by atoms with E-state index in [1.807, 2.05) is 0 Å². The lowest BCUT2D eigenvalue weighted by Gasteiger charge is -2.42. The van der Waals surface area contributed by atoms with Crippen molar-refractivity contribution >= 4 is 0 Å². The molecule has 2 rings (SSSR count). The Bertz CT molecular complexity index is 287. The molecule has 2 aliphatic rings. The number of nitrogens with zero attached hydrogens (tertiary/aromatic N) is 1. The van der Waals surface area contributed by atoms with Crippen molar-refractivity contribution in [1.29, 1.82) is 0 Å². The van der Waals surface area contributed by atoms with Gasteiger partial charge in [-0.05, 0) is 55.9 Å². The molecule has 3 nitrogen and oxygen atoms in total. The maximum Gasteiger partial charge on any atom is 0.0586 e. The SMILES string of the molecule is CC(C)(C)C1CCC(O)C(CN2CCCC2CO)C1. The minimum Gasteiger partial charge on any atom is -0.395 e. The normalized spacial score (nSPS) is 37.7. The first kappa shape index (κ1) is 15.3. The third-order valence-electron chi connectivity index (χ3n) is 5.35. The molecule has 1 saturated carbocycles. The van der Waals surface area contributed by atoms with E-state index >= 15 is 0 Å². The molecule has 0 spiro atoms. The third kappa shape index (κ3) is 3.71. The molecule has 0 bridgehead atoms. The molecular formula is C16H31NO2. The molecule has 2 N–H and O–H groups in total. The molecule has 1 aliphatic heterocycles. The van der Waals surface area contributed by atoms with Gasteiger partial charge in [0.1, 0.15) is 0 Å². The van der Waals surface area contributed by atoms with E-state index in [2.05, 4.69) is 25.7 Å². The summed E-state index contributed by atoms with van der Waals surface area (Å²) in [5, 5.41) is 19.7. The minimum atomic E-state index is -0.140. The van der Waals surface area contributed by atoms with E-state index in [1.54, 1.807) is 0 Å². The van der Waals surface area contributed by atoms with Crippen molar-refractivity contribution in [2.75, 3.05) is 19.7 Å². The van der Waals surface area contributed by atoms with Crippen LogP contribution in [-0.2, 0) is 0 Å². The number of hydrogen-bond donors (Lipinski definition) is 2. The average molecular weight is 269 g/mol. The quantitative estimate of drug-likeness (QED) is 0.826. The van der Waals surface area contributed by atoms with Gasteiger partial charge >= 0.3 is 0 Å². The fraction of sp³-hybridized carbons (Fsp3) is 1.00. The first-order valence-electron chi connectivity index (χ1n) is 7.94. The van der Waals surface area contributed by atoms with Gasteiger partial charge in [-0.15, -0.1) is 0 Å². The molecule has 3 heteroatoms. The van der Waals surface area contributed by atoms with E-state index in [9.17, 15) is 10.2 Å². The summed E-state index contributed by atoms with van der Waals surface area (Å²) in [6, 6.07) is 0.335. The van der Waals surface area contributed by atoms with Crippen molar-refractivity contribution in [1.82, 2.24) is 4.90 Å². The standard InChI is InChI=1S/C16H31NO2/c1-16(2,3)13-6-7-15(19)12(9-13)10-17-8-4-5-14(17)11-18/h12-15,18-19H,4-11H2,1-3H3. The number of likely N-dealkylation sites (tertiary alicyclic amines) is 1. The van der Waals surface area contributed by atoms with Gasteiger partial charge in [0, 0.05) is 12.6 Å². The first-order valence-corrected chi connectivity index (χ1v) is 7.94. The highest BCUT2D eigenvalue weighted by molar-refractivity contribution is 4.89. The van der Waals surface area contributed by atoms with Crippen LogP contribution in [0.2, 0.25) is 0 Å². The van der Waals surface area contributed by atoms with Gasteiger partial charge in [0.2, 0.25) is 0 Å². The van der Waals surface area contributed by atoms with E-state index in [0.717, 1.165) is 44.7 Å². The maximum absolute atomic E-state index is 10.3. The number of aliphatic hydroxyl groups excluding tert-OH is 2. The molecule has 4 unspecified atom stereocenters. The summed E-state index contributed by atoms with van der Waals surface area (Å²) >= 11 is 0. The van der Waals surface area contributed by atoms with Crippen LogP contribution in [0.3, 0.4) is 0 Å². The topological polar surface area (TPSA) is 43.7 Å². The molecule has 19 heavy (non-hydrogen) atoms. The summed E-state index contributed by atoms with van der Waals surface area (Å²) in [4.78, 5) is 2.40. The average Bonchev–Trinajstić information content (AvgIpc) is 2.77. The number of aliphatic hydroxyl groups is 2. The Kier molecular flexibility index (Phi) is 4.91. The Morgan fingerprint density at radius 1 is 1.16 bits per heavy atom. The summed E-state index contributed by atoms with van der Waals surface area (Å²) in [6.45, 7) is 9.29. The van der Waals surface area contributed by atoms with E-state index in [4.69, 9.17) is 0 Å². The van der Waals surface area contributed by atoms with Gasteiger partial charge in [-0.1, -0.05) is 20.8 Å². The van der Waals surface area contributed by atoms with Crippen molar-refractivity contribution in [2.24, 2.45) is 17.3 Å². The van der Waals surface area contributed by atoms with E-state index in [1.165, 1.54) is 6.42 Å². The van der Waals surface area contributed by atoms with Crippen LogP contribution in [0.15, 0.2) is 0 Å². The van der Waals surface area contributed by atoms with Crippen molar-refractivity contribution < 1.29 is 10.2 Å². The van der Waals surface area contributed by atoms with Crippen LogP contribution >= 0.6 is 0 Å². The van der Waals surface area contributed by atoms with Gasteiger partial charge in [-0.2, -0.15) is 0 Å². The van der Waals surface area contributed by atoms with Gasteiger partial charge in [-0.25, -0.2) is 0 Å². The van der Waals surface area contributed by atoms with Gasteiger partial charge < -0.3 is 10.2 Å².